The summed E-state index contributed by atoms with van der Waals surface area (Å²) in [7, 11) is 0. The minimum atomic E-state index is -1.33. The molecular weight excluding hydrogens is 621 g/mol. The number of piperidine rings is 1. The van der Waals surface area contributed by atoms with Crippen LogP contribution in [0.3, 0.4) is 0 Å². The Morgan fingerprint density at radius 2 is 1.71 bits per heavy atom. The van der Waals surface area contributed by atoms with Gasteiger partial charge in [0.05, 0.1) is 48.0 Å². The molecule has 8 rings (SSSR count). The molecule has 262 valence electrons. The van der Waals surface area contributed by atoms with Crippen LogP contribution < -0.4 is 11.0 Å². The molecule has 0 bridgehead atoms. The van der Waals surface area contributed by atoms with Gasteiger partial charge in [0.2, 0.25) is 11.8 Å². The quantitative estimate of drug-likeness (QED) is 0.322. The fourth-order valence-corrected chi connectivity index (χ4v) is 10.0. The van der Waals surface area contributed by atoms with Crippen molar-refractivity contribution in [2.75, 3.05) is 39.3 Å². The van der Waals surface area contributed by atoms with Crippen molar-refractivity contribution in [3.8, 4) is 5.88 Å². The van der Waals surface area contributed by atoms with Crippen LogP contribution in [0, 0.1) is 5.92 Å². The first-order valence-corrected chi connectivity index (χ1v) is 18.1. The molecule has 4 N–H and O–H groups in total. The number of carbonyl (C=O) groups excluding carboxylic acids is 3. The lowest BCUT2D eigenvalue weighted by atomic mass is 9.69. The van der Waals surface area contributed by atoms with Crippen LogP contribution in [-0.2, 0) is 25.5 Å². The number of likely N-dealkylation sites (tertiary alicyclic amines) is 3. The number of hydrogen-bond donors (Lipinski definition) is 4. The minimum absolute atomic E-state index is 0.0389. The molecule has 2 saturated carbocycles. The number of morpholine rings is 1. The number of rotatable bonds is 6. The van der Waals surface area contributed by atoms with Gasteiger partial charge in [0.25, 0.3) is 5.91 Å². The summed E-state index contributed by atoms with van der Waals surface area (Å²) >= 11 is 0. The zero-order chi connectivity index (χ0) is 33.1. The Labute approximate surface area is 279 Å². The first kappa shape index (κ1) is 32.0. The molecule has 13 nitrogen and oxygen atoms in total. The summed E-state index contributed by atoms with van der Waals surface area (Å²) < 4.78 is 23.3. The maximum Gasteiger partial charge on any atom is 0.325 e. The number of alkyl halides is 1. The average molecular weight is 670 g/mol. The number of imidazole rings is 1. The van der Waals surface area contributed by atoms with Crippen molar-refractivity contribution in [1.29, 1.82) is 0 Å². The molecule has 8 atom stereocenters. The number of ether oxygens (including phenoxy) is 1. The van der Waals surface area contributed by atoms with Crippen molar-refractivity contribution in [3.05, 3.63) is 28.0 Å². The molecular formula is C34H48FN7O6. The number of nitrogens with zero attached hydrogens (tertiary/aromatic N) is 4. The number of halogens is 1. The molecule has 0 aromatic carbocycles. The van der Waals surface area contributed by atoms with Crippen LogP contribution in [0.1, 0.15) is 69.9 Å². The first-order chi connectivity index (χ1) is 23.2. The summed E-state index contributed by atoms with van der Waals surface area (Å²) in [6.45, 7) is 4.54. The molecule has 4 saturated heterocycles. The minimum Gasteiger partial charge on any atom is -0.493 e. The van der Waals surface area contributed by atoms with E-state index in [1.165, 1.54) is 12.8 Å². The van der Waals surface area contributed by atoms with Gasteiger partial charge in [-0.15, -0.1) is 0 Å². The summed E-state index contributed by atoms with van der Waals surface area (Å²) in [4.78, 5) is 65.7. The van der Waals surface area contributed by atoms with Crippen molar-refractivity contribution in [1.82, 2.24) is 34.9 Å². The van der Waals surface area contributed by atoms with Gasteiger partial charge in [0, 0.05) is 50.4 Å². The smallest absolute Gasteiger partial charge is 0.325 e. The number of fused-ring (bicyclic) bond motifs is 2. The highest BCUT2D eigenvalue weighted by Gasteiger charge is 2.60. The van der Waals surface area contributed by atoms with E-state index in [-0.39, 0.29) is 71.8 Å². The normalized spacial score (nSPS) is 36.1. The van der Waals surface area contributed by atoms with Gasteiger partial charge in [-0.2, -0.15) is 0 Å². The Kier molecular flexibility index (Phi) is 8.60. The molecule has 2 amide bonds. The van der Waals surface area contributed by atoms with E-state index >= 15 is 4.39 Å². The lowest BCUT2D eigenvalue weighted by Gasteiger charge is -2.60. The Balaban J connectivity index is 0.988. The number of hydrogen-bond acceptors (Lipinski definition) is 9. The Hall–Kier alpha value is -3.23. The van der Waals surface area contributed by atoms with Gasteiger partial charge < -0.3 is 34.8 Å². The van der Waals surface area contributed by atoms with E-state index in [0.29, 0.717) is 38.6 Å². The lowest BCUT2D eigenvalue weighted by molar-refractivity contribution is -0.210. The SMILES string of the molecule is O=C(Cc1[nH]c(=O)[nH]c1O)NC1CCN(C2C(F)CC3C(=O)C(C(=O)N4CCC(N5CCCC5)CC4)=CN4C5CCCCC5OC2C34)C1. The summed E-state index contributed by atoms with van der Waals surface area (Å²) in [6, 6.07) is -0.596. The number of amides is 2. The first-order valence-electron chi connectivity index (χ1n) is 18.1. The number of carbonyl (C=O) groups is 3. The maximum absolute atomic E-state index is 16.5. The Morgan fingerprint density at radius 3 is 2.46 bits per heavy atom. The van der Waals surface area contributed by atoms with Crippen molar-refractivity contribution in [3.63, 3.8) is 0 Å². The third-order valence-electron chi connectivity index (χ3n) is 12.3. The van der Waals surface area contributed by atoms with Crippen LogP contribution in [0.2, 0.25) is 0 Å². The van der Waals surface area contributed by atoms with Crippen LogP contribution in [0.5, 0.6) is 5.88 Å². The highest BCUT2D eigenvalue weighted by Crippen LogP contribution is 2.47. The second-order valence-electron chi connectivity index (χ2n) is 15.1. The molecule has 6 fully saturated rings. The maximum atomic E-state index is 16.5. The van der Waals surface area contributed by atoms with E-state index < -0.39 is 29.9 Å². The second kappa shape index (κ2) is 12.9. The zero-order valence-electron chi connectivity index (χ0n) is 27.4. The number of nitrogens with one attached hydrogen (secondary N) is 3. The number of Topliss-reactive ketones (excluding diaryl/α,β-unsaturated/α-hetero) is 1. The molecule has 48 heavy (non-hydrogen) atoms. The van der Waals surface area contributed by atoms with Crippen LogP contribution >= 0.6 is 0 Å². The molecule has 14 heteroatoms. The molecule has 8 unspecified atom stereocenters. The standard InChI is InChI=1S/C34H48FN7O6/c35-23-15-21-28-31(29(23)41-12-7-19(17-41)36-27(43)16-24-32(45)38-34(47)37-24)48-26-6-2-1-5-25(26)42(28)18-22(30(21)44)33(46)40-13-8-20(9-14-40)39-10-3-4-11-39/h18-21,23,25-26,28-29,31,45H,1-17H2,(H,36,43)(H2,37,38,47). The molecule has 1 aromatic rings. The Bertz CT molecular complexity index is 1500. The van der Waals surface area contributed by atoms with Gasteiger partial charge in [0.15, 0.2) is 5.78 Å². The largest absolute Gasteiger partial charge is 0.493 e. The van der Waals surface area contributed by atoms with E-state index in [4.69, 9.17) is 4.74 Å². The van der Waals surface area contributed by atoms with Crippen molar-refractivity contribution in [2.24, 2.45) is 5.92 Å². The van der Waals surface area contributed by atoms with Crippen LogP contribution in [0.25, 0.3) is 0 Å². The number of aromatic amines is 2. The third kappa shape index (κ3) is 5.77. The van der Waals surface area contributed by atoms with Crippen molar-refractivity contribution < 1.29 is 28.6 Å². The van der Waals surface area contributed by atoms with Crippen molar-refractivity contribution >= 4 is 17.6 Å². The molecule has 2 aliphatic carbocycles. The van der Waals surface area contributed by atoms with Crippen LogP contribution in [0.15, 0.2) is 16.6 Å². The van der Waals surface area contributed by atoms with Crippen LogP contribution in [0.4, 0.5) is 4.39 Å². The topological polar surface area (TPSA) is 154 Å². The molecule has 1 aromatic heterocycles. The monoisotopic (exact) mass is 669 g/mol. The molecule has 7 aliphatic rings. The summed E-state index contributed by atoms with van der Waals surface area (Å²) in [5, 5.41) is 12.8. The molecule has 0 radical (unpaired) electrons. The van der Waals surface area contributed by atoms with Gasteiger partial charge in [-0.3, -0.25) is 24.3 Å². The summed E-state index contributed by atoms with van der Waals surface area (Å²) in [5.41, 5.74) is -0.254. The third-order valence-corrected chi connectivity index (χ3v) is 12.3. The van der Waals surface area contributed by atoms with Gasteiger partial charge in [-0.1, -0.05) is 12.8 Å². The molecule has 6 heterocycles. The van der Waals surface area contributed by atoms with E-state index in [9.17, 15) is 24.3 Å². The van der Waals surface area contributed by atoms with Crippen LogP contribution in [-0.4, -0.2) is 140 Å². The predicted octanol–water partition coefficient (Wildman–Crippen LogP) is 0.802. The van der Waals surface area contributed by atoms with Gasteiger partial charge >= 0.3 is 5.69 Å². The fourth-order valence-electron chi connectivity index (χ4n) is 10.0. The summed E-state index contributed by atoms with van der Waals surface area (Å²) in [5.74, 6) is -1.81. The number of aromatic nitrogens is 2. The Morgan fingerprint density at radius 1 is 0.938 bits per heavy atom. The zero-order valence-corrected chi connectivity index (χ0v) is 27.4. The van der Waals surface area contributed by atoms with Gasteiger partial charge in [-0.05, 0) is 64.5 Å². The second-order valence-corrected chi connectivity index (χ2v) is 15.1. The highest BCUT2D eigenvalue weighted by atomic mass is 19.1. The number of ketones is 1. The van der Waals surface area contributed by atoms with E-state index in [2.05, 4.69) is 30.0 Å². The fraction of sp³-hybridized carbons (Fsp3) is 0.765. The predicted molar refractivity (Wildman–Crippen MR) is 172 cm³/mol. The molecule has 5 aliphatic heterocycles. The number of aromatic hydroxyl groups is 1. The van der Waals surface area contributed by atoms with E-state index in [1.807, 2.05) is 11.1 Å². The number of H-pyrrole nitrogens is 2. The van der Waals surface area contributed by atoms with E-state index in [0.717, 1.165) is 51.6 Å². The van der Waals surface area contributed by atoms with Gasteiger partial charge in [-0.25, -0.2) is 9.18 Å². The van der Waals surface area contributed by atoms with E-state index in [1.54, 1.807) is 0 Å². The summed E-state index contributed by atoms with van der Waals surface area (Å²) in [6.07, 6.45) is 8.51. The highest BCUT2D eigenvalue weighted by molar-refractivity contribution is 6.20. The lowest BCUT2D eigenvalue weighted by Crippen LogP contribution is -2.73. The molecule has 0 spiro atoms. The van der Waals surface area contributed by atoms with Gasteiger partial charge in [0.1, 0.15) is 6.17 Å². The average Bonchev–Trinajstić information content (AvgIpc) is 3.84. The van der Waals surface area contributed by atoms with Crippen molar-refractivity contribution in [2.45, 2.75) is 119 Å².